The summed E-state index contributed by atoms with van der Waals surface area (Å²) in [5.41, 5.74) is 1.63. The van der Waals surface area contributed by atoms with Crippen molar-refractivity contribution in [2.75, 3.05) is 0 Å². The van der Waals surface area contributed by atoms with Crippen molar-refractivity contribution < 1.29 is 9.51 Å². The zero-order chi connectivity index (χ0) is 10.4. The molecule has 74 valence electrons. The van der Waals surface area contributed by atoms with Crippen molar-refractivity contribution in [1.82, 2.24) is 14.8 Å². The van der Waals surface area contributed by atoms with Gasteiger partial charge in [-0.05, 0) is 17.2 Å². The Morgan fingerprint density at radius 3 is 3.00 bits per heavy atom. The third kappa shape index (κ3) is 0.999. The van der Waals surface area contributed by atoms with E-state index in [1.54, 1.807) is 11.7 Å². The number of aryl methyl sites for hydroxylation is 1. The normalized spacial score (nSPS) is 11.3. The fourth-order valence-electron chi connectivity index (χ4n) is 1.77. The highest BCUT2D eigenvalue weighted by Crippen LogP contribution is 2.14. The fourth-order valence-corrected chi connectivity index (χ4v) is 1.77. The van der Waals surface area contributed by atoms with Gasteiger partial charge >= 0.3 is 0 Å². The highest BCUT2D eigenvalue weighted by atomic mass is 16.3. The average Bonchev–Trinajstić information content (AvgIpc) is 2.55. The molecule has 1 aromatic carbocycles. The molecular formula is C10H8N4O. The van der Waals surface area contributed by atoms with Gasteiger partial charge in [-0.1, -0.05) is 12.1 Å². The Labute approximate surface area is 85.2 Å². The van der Waals surface area contributed by atoms with Crippen molar-refractivity contribution >= 4 is 16.6 Å². The highest BCUT2D eigenvalue weighted by molar-refractivity contribution is 5.88. The number of benzene rings is 1. The van der Waals surface area contributed by atoms with Gasteiger partial charge in [-0.3, -0.25) is 0 Å². The van der Waals surface area contributed by atoms with E-state index < -0.39 is 0 Å². The molecule has 0 saturated carbocycles. The minimum absolute atomic E-state index is 0.300. The second-order valence-corrected chi connectivity index (χ2v) is 3.36. The van der Waals surface area contributed by atoms with Crippen LogP contribution in [0.2, 0.25) is 0 Å². The van der Waals surface area contributed by atoms with Crippen LogP contribution in [0.1, 0.15) is 0 Å². The Bertz CT molecular complexity index is 659. The number of hydrogen-bond acceptors (Lipinski definition) is 3. The molecule has 5 nitrogen and oxygen atoms in total. The van der Waals surface area contributed by atoms with E-state index in [1.807, 2.05) is 24.3 Å². The molecule has 5 heteroatoms. The molecule has 3 aromatic rings. The van der Waals surface area contributed by atoms with E-state index in [9.17, 15) is 5.11 Å². The molecule has 0 saturated heterocycles. The van der Waals surface area contributed by atoms with Crippen LogP contribution in [-0.2, 0) is 7.05 Å². The average molecular weight is 200 g/mol. The van der Waals surface area contributed by atoms with Crippen LogP contribution in [0.25, 0.3) is 16.6 Å². The lowest BCUT2D eigenvalue weighted by Crippen LogP contribution is -2.25. The number of fused-ring (bicyclic) bond motifs is 3. The standard InChI is InChI=1S/C10H8N4O/c1-13-9-7-4-2-3-5-8(7)11-6-14(9)10(15)12-13/h2-6H,1H3. The lowest BCUT2D eigenvalue weighted by atomic mass is 10.2. The van der Waals surface area contributed by atoms with E-state index >= 15 is 0 Å². The first-order chi connectivity index (χ1) is 7.27. The van der Waals surface area contributed by atoms with Crippen LogP contribution in [-0.4, -0.2) is 14.8 Å². The van der Waals surface area contributed by atoms with Gasteiger partial charge in [-0.2, -0.15) is 0 Å². The number of para-hydroxylation sites is 1. The SMILES string of the molecule is Cn1nc([O-])[n+]2cnc3ccccc3c12. The van der Waals surface area contributed by atoms with E-state index in [0.29, 0.717) is 0 Å². The zero-order valence-corrected chi connectivity index (χ0v) is 8.08. The van der Waals surface area contributed by atoms with E-state index in [2.05, 4.69) is 10.1 Å². The van der Waals surface area contributed by atoms with Crippen LogP contribution < -0.4 is 9.51 Å². The maximum Gasteiger partial charge on any atom is 0.244 e. The second kappa shape index (κ2) is 2.66. The maximum atomic E-state index is 11.4. The third-order valence-electron chi connectivity index (χ3n) is 2.43. The molecule has 0 aliphatic heterocycles. The molecule has 2 heterocycles. The van der Waals surface area contributed by atoms with Crippen molar-refractivity contribution in [3.05, 3.63) is 30.6 Å². The Morgan fingerprint density at radius 2 is 2.13 bits per heavy atom. The topological polar surface area (TPSA) is 57.9 Å². The summed E-state index contributed by atoms with van der Waals surface area (Å²) < 4.78 is 3.02. The Kier molecular flexibility index (Phi) is 1.45. The van der Waals surface area contributed by atoms with Gasteiger partial charge in [0, 0.05) is 0 Å². The number of aromatic nitrogens is 4. The summed E-state index contributed by atoms with van der Waals surface area (Å²) >= 11 is 0. The molecule has 0 aliphatic carbocycles. The van der Waals surface area contributed by atoms with Gasteiger partial charge in [0.15, 0.2) is 6.33 Å². The van der Waals surface area contributed by atoms with E-state index in [4.69, 9.17) is 0 Å². The van der Waals surface area contributed by atoms with Gasteiger partial charge < -0.3 is 5.11 Å². The van der Waals surface area contributed by atoms with Gasteiger partial charge in [0.05, 0.1) is 12.4 Å². The van der Waals surface area contributed by atoms with Crippen LogP contribution in [0.3, 0.4) is 0 Å². The van der Waals surface area contributed by atoms with Gasteiger partial charge in [-0.25, -0.2) is 4.40 Å². The highest BCUT2D eigenvalue weighted by Gasteiger charge is 2.12. The zero-order valence-electron chi connectivity index (χ0n) is 8.08. The molecule has 2 aromatic heterocycles. The summed E-state index contributed by atoms with van der Waals surface area (Å²) in [4.78, 5) is 4.19. The predicted molar refractivity (Wildman–Crippen MR) is 51.1 cm³/mol. The smallest absolute Gasteiger partial charge is 0.244 e. The monoisotopic (exact) mass is 200 g/mol. The number of nitrogens with zero attached hydrogens (tertiary/aromatic N) is 4. The van der Waals surface area contributed by atoms with Gasteiger partial charge in [-0.15, -0.1) is 9.67 Å². The van der Waals surface area contributed by atoms with E-state index in [1.165, 1.54) is 10.7 Å². The molecule has 0 atom stereocenters. The quantitative estimate of drug-likeness (QED) is 0.471. The summed E-state index contributed by atoms with van der Waals surface area (Å²) in [5, 5.41) is 16.2. The largest absolute Gasteiger partial charge is 0.824 e. The van der Waals surface area contributed by atoms with Crippen LogP contribution in [0.15, 0.2) is 30.6 Å². The van der Waals surface area contributed by atoms with Crippen molar-refractivity contribution in [3.8, 4) is 6.01 Å². The van der Waals surface area contributed by atoms with Gasteiger partial charge in [0.1, 0.15) is 5.52 Å². The minimum atomic E-state index is -0.300. The van der Waals surface area contributed by atoms with Crippen molar-refractivity contribution in [1.29, 1.82) is 0 Å². The number of hydrogen-bond donors (Lipinski definition) is 0. The lowest BCUT2D eigenvalue weighted by Gasteiger charge is -1.96. The molecule has 0 unspecified atom stereocenters. The fraction of sp³-hybridized carbons (Fsp3) is 0.100. The van der Waals surface area contributed by atoms with E-state index in [0.717, 1.165) is 16.6 Å². The van der Waals surface area contributed by atoms with Crippen LogP contribution in [0, 0.1) is 0 Å². The van der Waals surface area contributed by atoms with Crippen LogP contribution in [0.4, 0.5) is 0 Å². The van der Waals surface area contributed by atoms with Crippen LogP contribution >= 0.6 is 0 Å². The first-order valence-electron chi connectivity index (χ1n) is 4.56. The number of rotatable bonds is 0. The molecule has 3 rings (SSSR count). The Balaban J connectivity index is 2.64. The molecule has 0 bridgehead atoms. The minimum Gasteiger partial charge on any atom is -0.824 e. The molecule has 0 radical (unpaired) electrons. The molecular weight excluding hydrogens is 192 g/mol. The molecule has 15 heavy (non-hydrogen) atoms. The Hall–Kier alpha value is -2.17. The molecule has 0 amide bonds. The third-order valence-corrected chi connectivity index (χ3v) is 2.43. The molecule has 0 fully saturated rings. The lowest BCUT2D eigenvalue weighted by molar-refractivity contribution is -0.588. The summed E-state index contributed by atoms with van der Waals surface area (Å²) in [6.45, 7) is 0. The maximum absolute atomic E-state index is 11.4. The van der Waals surface area contributed by atoms with Crippen molar-refractivity contribution in [2.24, 2.45) is 7.05 Å². The van der Waals surface area contributed by atoms with E-state index in [-0.39, 0.29) is 6.01 Å². The molecule has 0 spiro atoms. The first kappa shape index (κ1) is 8.16. The molecule has 0 aliphatic rings. The van der Waals surface area contributed by atoms with Gasteiger partial charge in [0.2, 0.25) is 11.7 Å². The summed E-state index contributed by atoms with van der Waals surface area (Å²) in [6, 6.07) is 7.37. The Morgan fingerprint density at radius 1 is 1.33 bits per heavy atom. The van der Waals surface area contributed by atoms with Crippen molar-refractivity contribution in [3.63, 3.8) is 0 Å². The summed E-state index contributed by atoms with van der Waals surface area (Å²) in [5.74, 6) is 0. The first-order valence-corrected chi connectivity index (χ1v) is 4.56. The second-order valence-electron chi connectivity index (χ2n) is 3.36. The van der Waals surface area contributed by atoms with Crippen molar-refractivity contribution in [2.45, 2.75) is 0 Å². The van der Waals surface area contributed by atoms with Gasteiger partial charge in [0.25, 0.3) is 0 Å². The summed E-state index contributed by atoms with van der Waals surface area (Å²) in [6.07, 6.45) is 1.51. The van der Waals surface area contributed by atoms with Crippen LogP contribution in [0.5, 0.6) is 6.01 Å². The molecule has 0 N–H and O–H groups in total. The summed E-state index contributed by atoms with van der Waals surface area (Å²) in [7, 11) is 1.75. The predicted octanol–water partition coefficient (Wildman–Crippen LogP) is -0.219.